The van der Waals surface area contributed by atoms with E-state index >= 15 is 0 Å². The van der Waals surface area contributed by atoms with Crippen LogP contribution in [0.3, 0.4) is 0 Å². The molecule has 1 aromatic carbocycles. The first kappa shape index (κ1) is 12.1. The van der Waals surface area contributed by atoms with Crippen molar-refractivity contribution in [2.75, 3.05) is 24.7 Å². The minimum Gasteiger partial charge on any atom is -0.396 e. The Morgan fingerprint density at radius 1 is 1.27 bits per heavy atom. The van der Waals surface area contributed by atoms with E-state index in [0.717, 1.165) is 11.5 Å². The zero-order valence-corrected chi connectivity index (χ0v) is 9.30. The van der Waals surface area contributed by atoms with Crippen LogP contribution in [0.4, 0.5) is 0 Å². The summed E-state index contributed by atoms with van der Waals surface area (Å²) in [5.41, 5.74) is 0.685. The summed E-state index contributed by atoms with van der Waals surface area (Å²) in [5.74, 6) is 1.51. The second kappa shape index (κ2) is 7.31. The van der Waals surface area contributed by atoms with Crippen molar-refractivity contribution < 1.29 is 9.90 Å². The maximum Gasteiger partial charge on any atom is 0.251 e. The predicted octanol–water partition coefficient (Wildman–Crippen LogP) is 1.14. The van der Waals surface area contributed by atoms with Crippen LogP contribution in [0.1, 0.15) is 10.4 Å². The summed E-state index contributed by atoms with van der Waals surface area (Å²) >= 11 is 1.63. The topological polar surface area (TPSA) is 49.3 Å². The van der Waals surface area contributed by atoms with Crippen molar-refractivity contribution in [3.8, 4) is 0 Å². The number of thioether (sulfide) groups is 1. The van der Waals surface area contributed by atoms with Crippen molar-refractivity contribution >= 4 is 17.7 Å². The molecule has 0 aromatic heterocycles. The molecule has 0 spiro atoms. The Labute approximate surface area is 93.9 Å². The van der Waals surface area contributed by atoms with Crippen LogP contribution in [0.15, 0.2) is 30.3 Å². The third-order valence-electron chi connectivity index (χ3n) is 1.80. The minimum atomic E-state index is -0.0415. The number of aliphatic hydroxyl groups is 1. The molecule has 1 rings (SSSR count). The van der Waals surface area contributed by atoms with Crippen molar-refractivity contribution in [2.24, 2.45) is 0 Å². The summed E-state index contributed by atoms with van der Waals surface area (Å²) in [6.07, 6.45) is 0. The maximum absolute atomic E-state index is 11.5. The highest BCUT2D eigenvalue weighted by atomic mass is 32.2. The van der Waals surface area contributed by atoms with Gasteiger partial charge in [-0.2, -0.15) is 11.8 Å². The second-order valence-electron chi connectivity index (χ2n) is 2.96. The molecule has 4 heteroatoms. The molecule has 15 heavy (non-hydrogen) atoms. The fourth-order valence-electron chi connectivity index (χ4n) is 1.09. The van der Waals surface area contributed by atoms with Crippen LogP contribution in [0.2, 0.25) is 0 Å². The number of carbonyl (C=O) groups is 1. The Hall–Kier alpha value is -1.00. The van der Waals surface area contributed by atoms with Crippen LogP contribution < -0.4 is 5.32 Å². The number of benzene rings is 1. The molecule has 0 saturated heterocycles. The summed E-state index contributed by atoms with van der Waals surface area (Å²) in [7, 11) is 0. The standard InChI is InChI=1S/C11H15NO2S/c13-7-9-15-8-6-12-11(14)10-4-2-1-3-5-10/h1-5,13H,6-9H2,(H,12,14). The molecular formula is C11H15NO2S. The Balaban J connectivity index is 2.20. The van der Waals surface area contributed by atoms with Crippen LogP contribution in [-0.4, -0.2) is 35.7 Å². The van der Waals surface area contributed by atoms with Gasteiger partial charge in [0.25, 0.3) is 5.91 Å². The Morgan fingerprint density at radius 2 is 2.00 bits per heavy atom. The highest BCUT2D eigenvalue weighted by Crippen LogP contribution is 1.99. The molecule has 1 aromatic rings. The van der Waals surface area contributed by atoms with Gasteiger partial charge >= 0.3 is 0 Å². The molecule has 0 radical (unpaired) electrons. The van der Waals surface area contributed by atoms with Crippen LogP contribution in [0.5, 0.6) is 0 Å². The van der Waals surface area contributed by atoms with E-state index in [1.54, 1.807) is 23.9 Å². The largest absolute Gasteiger partial charge is 0.396 e. The van der Waals surface area contributed by atoms with E-state index in [2.05, 4.69) is 5.32 Å². The maximum atomic E-state index is 11.5. The molecule has 0 aliphatic carbocycles. The van der Waals surface area contributed by atoms with Gasteiger partial charge < -0.3 is 10.4 Å². The SMILES string of the molecule is O=C(NCCSCCO)c1ccccc1. The van der Waals surface area contributed by atoms with E-state index in [-0.39, 0.29) is 12.5 Å². The molecular weight excluding hydrogens is 210 g/mol. The van der Waals surface area contributed by atoms with Gasteiger partial charge in [0.1, 0.15) is 0 Å². The summed E-state index contributed by atoms with van der Waals surface area (Å²) in [5, 5.41) is 11.4. The van der Waals surface area contributed by atoms with Gasteiger partial charge in [0.05, 0.1) is 6.61 Å². The zero-order valence-electron chi connectivity index (χ0n) is 8.48. The average Bonchev–Trinajstić information content (AvgIpc) is 2.30. The summed E-state index contributed by atoms with van der Waals surface area (Å²) < 4.78 is 0. The highest BCUT2D eigenvalue weighted by molar-refractivity contribution is 7.99. The lowest BCUT2D eigenvalue weighted by atomic mass is 10.2. The van der Waals surface area contributed by atoms with Crippen molar-refractivity contribution in [1.29, 1.82) is 0 Å². The third kappa shape index (κ3) is 4.85. The first-order valence-corrected chi connectivity index (χ1v) is 6.02. The molecule has 0 aliphatic heterocycles. The van der Waals surface area contributed by atoms with E-state index in [1.807, 2.05) is 18.2 Å². The summed E-state index contributed by atoms with van der Waals surface area (Å²) in [6.45, 7) is 0.829. The number of rotatable bonds is 6. The second-order valence-corrected chi connectivity index (χ2v) is 4.18. The lowest BCUT2D eigenvalue weighted by molar-refractivity contribution is 0.0956. The molecule has 0 unspecified atom stereocenters. The Bertz CT molecular complexity index is 290. The molecule has 0 atom stereocenters. The van der Waals surface area contributed by atoms with Crippen LogP contribution in [0.25, 0.3) is 0 Å². The number of nitrogens with one attached hydrogen (secondary N) is 1. The molecule has 0 heterocycles. The molecule has 0 fully saturated rings. The molecule has 1 amide bonds. The fourth-order valence-corrected chi connectivity index (χ4v) is 1.67. The van der Waals surface area contributed by atoms with Crippen molar-refractivity contribution in [1.82, 2.24) is 5.32 Å². The van der Waals surface area contributed by atoms with Crippen molar-refractivity contribution in [2.45, 2.75) is 0 Å². The van der Waals surface area contributed by atoms with Crippen molar-refractivity contribution in [3.63, 3.8) is 0 Å². The number of hydrogen-bond donors (Lipinski definition) is 2. The van der Waals surface area contributed by atoms with Crippen LogP contribution >= 0.6 is 11.8 Å². The summed E-state index contributed by atoms with van der Waals surface area (Å²) in [6, 6.07) is 9.14. The minimum absolute atomic E-state index is 0.0415. The van der Waals surface area contributed by atoms with Gasteiger partial charge in [0, 0.05) is 23.6 Å². The van der Waals surface area contributed by atoms with Crippen LogP contribution in [0, 0.1) is 0 Å². The monoisotopic (exact) mass is 225 g/mol. The number of aliphatic hydroxyl groups excluding tert-OH is 1. The van der Waals surface area contributed by atoms with Gasteiger partial charge in [-0.25, -0.2) is 0 Å². The fraction of sp³-hybridized carbons (Fsp3) is 0.364. The van der Waals surface area contributed by atoms with Crippen molar-refractivity contribution in [3.05, 3.63) is 35.9 Å². The van der Waals surface area contributed by atoms with Gasteiger partial charge in [-0.15, -0.1) is 0 Å². The smallest absolute Gasteiger partial charge is 0.251 e. The lowest BCUT2D eigenvalue weighted by Gasteiger charge is -2.04. The number of carbonyl (C=O) groups excluding carboxylic acids is 1. The normalized spacial score (nSPS) is 9.93. The van der Waals surface area contributed by atoms with E-state index in [0.29, 0.717) is 12.1 Å². The van der Waals surface area contributed by atoms with E-state index < -0.39 is 0 Å². The molecule has 2 N–H and O–H groups in total. The van der Waals surface area contributed by atoms with E-state index in [1.165, 1.54) is 0 Å². The van der Waals surface area contributed by atoms with Gasteiger partial charge in [-0.1, -0.05) is 18.2 Å². The zero-order chi connectivity index (χ0) is 10.9. The molecule has 0 saturated carbocycles. The summed E-state index contributed by atoms with van der Waals surface area (Å²) in [4.78, 5) is 11.5. The number of amides is 1. The average molecular weight is 225 g/mol. The van der Waals surface area contributed by atoms with E-state index in [9.17, 15) is 4.79 Å². The van der Waals surface area contributed by atoms with Gasteiger partial charge in [0.15, 0.2) is 0 Å². The van der Waals surface area contributed by atoms with Gasteiger partial charge in [0.2, 0.25) is 0 Å². The van der Waals surface area contributed by atoms with Gasteiger partial charge in [-0.3, -0.25) is 4.79 Å². The Kier molecular flexibility index (Phi) is 5.88. The number of hydrogen-bond acceptors (Lipinski definition) is 3. The van der Waals surface area contributed by atoms with E-state index in [4.69, 9.17) is 5.11 Å². The molecule has 82 valence electrons. The highest BCUT2D eigenvalue weighted by Gasteiger charge is 2.02. The third-order valence-corrected chi connectivity index (χ3v) is 2.77. The Morgan fingerprint density at radius 3 is 2.67 bits per heavy atom. The molecule has 0 bridgehead atoms. The molecule has 0 aliphatic rings. The molecule has 3 nitrogen and oxygen atoms in total. The van der Waals surface area contributed by atoms with Gasteiger partial charge in [-0.05, 0) is 12.1 Å². The predicted molar refractivity (Wildman–Crippen MR) is 63.2 cm³/mol. The quantitative estimate of drug-likeness (QED) is 0.714. The lowest BCUT2D eigenvalue weighted by Crippen LogP contribution is -2.25. The first-order chi connectivity index (χ1) is 7.34. The first-order valence-electron chi connectivity index (χ1n) is 4.86. The van der Waals surface area contributed by atoms with Crippen LogP contribution in [-0.2, 0) is 0 Å².